The van der Waals surface area contributed by atoms with Crippen LogP contribution in [0.1, 0.15) is 27.0 Å². The van der Waals surface area contributed by atoms with E-state index in [2.05, 4.69) is 31.6 Å². The van der Waals surface area contributed by atoms with E-state index in [1.165, 1.54) is 31.9 Å². The van der Waals surface area contributed by atoms with Gasteiger partial charge in [-0.25, -0.2) is 9.97 Å². The highest BCUT2D eigenvalue weighted by Crippen LogP contribution is 2.47. The number of hydrogen-bond donors (Lipinski definition) is 2. The quantitative estimate of drug-likeness (QED) is 0.527. The average Bonchev–Trinajstić information content (AvgIpc) is 3.26. The Balaban J connectivity index is 1.70. The van der Waals surface area contributed by atoms with Crippen LogP contribution in [0.3, 0.4) is 0 Å². The molecule has 0 fully saturated rings. The fourth-order valence-corrected chi connectivity index (χ4v) is 3.66. The number of carbonyl (C=O) groups excluding carboxylic acids is 1. The Morgan fingerprint density at radius 2 is 1.94 bits per heavy atom. The van der Waals surface area contributed by atoms with E-state index in [1.807, 2.05) is 0 Å². The number of nitriles is 1. The number of rotatable bonds is 6. The second-order valence-corrected chi connectivity index (χ2v) is 7.16. The molecule has 1 aliphatic heterocycles. The Bertz CT molecular complexity index is 1260. The number of alkyl halides is 3. The summed E-state index contributed by atoms with van der Waals surface area (Å²) in [5.41, 5.74) is 7.42. The number of amides is 1. The lowest BCUT2D eigenvalue weighted by molar-refractivity contribution is -0.274. The summed E-state index contributed by atoms with van der Waals surface area (Å²) in [5, 5.41) is 9.40. The molecule has 4 rings (SSSR count). The number of halogens is 3. The number of ether oxygens (including phenoxy) is 2. The van der Waals surface area contributed by atoms with Gasteiger partial charge in [0.25, 0.3) is 5.91 Å². The molecule has 9 nitrogen and oxygen atoms in total. The summed E-state index contributed by atoms with van der Waals surface area (Å²) in [7, 11) is 1.29. The molecule has 34 heavy (non-hydrogen) atoms. The second-order valence-electron chi connectivity index (χ2n) is 7.16. The summed E-state index contributed by atoms with van der Waals surface area (Å²) in [5.74, 6) is -1.03. The van der Waals surface area contributed by atoms with Gasteiger partial charge >= 0.3 is 6.36 Å². The first-order valence-corrected chi connectivity index (χ1v) is 9.84. The van der Waals surface area contributed by atoms with Crippen molar-refractivity contribution >= 4 is 17.3 Å². The Hall–Kier alpha value is -4.53. The van der Waals surface area contributed by atoms with Crippen LogP contribution in [-0.2, 0) is 13.1 Å². The summed E-state index contributed by atoms with van der Waals surface area (Å²) in [4.78, 5) is 21.5. The van der Waals surface area contributed by atoms with E-state index >= 15 is 0 Å². The van der Waals surface area contributed by atoms with Crippen LogP contribution in [0.2, 0.25) is 0 Å². The standard InChI is InChI=1S/C22H17F3N6O3/c1-33-20-17(29-30-21(32)15-8-27-12-28-9-15)5-6-18(34-22(23,24)25)19(20)31-10-14-4-2-3-13(7-26)16(14)11-31/h2-6,8-9,12,29H,10-11H2,1H3,(H,30,32). The molecule has 0 radical (unpaired) electrons. The molecule has 12 heteroatoms. The molecule has 0 aliphatic carbocycles. The molecule has 2 heterocycles. The molecule has 174 valence electrons. The molecule has 1 aliphatic rings. The number of hydrogen-bond acceptors (Lipinski definition) is 8. The number of benzene rings is 2. The Kier molecular flexibility index (Phi) is 6.09. The monoisotopic (exact) mass is 470 g/mol. The number of methoxy groups -OCH3 is 1. The summed E-state index contributed by atoms with van der Waals surface area (Å²) < 4.78 is 49.2. The number of fused-ring (bicyclic) bond motifs is 1. The molecule has 1 aromatic heterocycles. The maximum Gasteiger partial charge on any atom is 0.573 e. The Morgan fingerprint density at radius 1 is 1.18 bits per heavy atom. The average molecular weight is 470 g/mol. The van der Waals surface area contributed by atoms with E-state index in [1.54, 1.807) is 23.1 Å². The van der Waals surface area contributed by atoms with E-state index in [-0.39, 0.29) is 35.8 Å². The van der Waals surface area contributed by atoms with Gasteiger partial charge in [0.05, 0.1) is 30.0 Å². The molecule has 0 unspecified atom stereocenters. The maximum atomic E-state index is 13.2. The van der Waals surface area contributed by atoms with Gasteiger partial charge in [-0.2, -0.15) is 5.26 Å². The van der Waals surface area contributed by atoms with Gasteiger partial charge in [-0.1, -0.05) is 12.1 Å². The molecule has 0 saturated heterocycles. The third-order valence-corrected chi connectivity index (χ3v) is 5.08. The van der Waals surface area contributed by atoms with Crippen LogP contribution in [0, 0.1) is 11.3 Å². The summed E-state index contributed by atoms with van der Waals surface area (Å²) in [6.07, 6.45) is -1.06. The lowest BCUT2D eigenvalue weighted by Crippen LogP contribution is -2.30. The summed E-state index contributed by atoms with van der Waals surface area (Å²) >= 11 is 0. The highest BCUT2D eigenvalue weighted by Gasteiger charge is 2.36. The number of nitrogens with one attached hydrogen (secondary N) is 2. The predicted molar refractivity (Wildman–Crippen MR) is 114 cm³/mol. The minimum Gasteiger partial charge on any atom is -0.492 e. The maximum absolute atomic E-state index is 13.2. The van der Waals surface area contributed by atoms with Crippen LogP contribution in [-0.4, -0.2) is 29.3 Å². The second kappa shape index (κ2) is 9.14. The first kappa shape index (κ1) is 22.7. The zero-order valence-corrected chi connectivity index (χ0v) is 17.7. The summed E-state index contributed by atoms with van der Waals surface area (Å²) in [6.45, 7) is 0.396. The van der Waals surface area contributed by atoms with Crippen molar-refractivity contribution in [1.29, 1.82) is 5.26 Å². The SMILES string of the molecule is COc1c(NNC(=O)c2cncnc2)ccc(OC(F)(F)F)c1N1Cc2cccc(C#N)c2C1. The van der Waals surface area contributed by atoms with Gasteiger partial charge in [-0.05, 0) is 29.3 Å². The van der Waals surface area contributed by atoms with Crippen LogP contribution >= 0.6 is 0 Å². The van der Waals surface area contributed by atoms with Crippen LogP contribution in [0.25, 0.3) is 0 Å². The van der Waals surface area contributed by atoms with Gasteiger partial charge in [0.1, 0.15) is 12.0 Å². The minimum absolute atomic E-state index is 0.0117. The molecule has 0 spiro atoms. The third-order valence-electron chi connectivity index (χ3n) is 5.08. The molecule has 0 bridgehead atoms. The minimum atomic E-state index is -4.94. The van der Waals surface area contributed by atoms with Crippen LogP contribution in [0.4, 0.5) is 24.5 Å². The molecule has 2 N–H and O–H groups in total. The highest BCUT2D eigenvalue weighted by molar-refractivity contribution is 5.94. The van der Waals surface area contributed by atoms with Gasteiger partial charge in [-0.3, -0.25) is 15.6 Å². The van der Waals surface area contributed by atoms with Crippen molar-refractivity contribution in [3.63, 3.8) is 0 Å². The van der Waals surface area contributed by atoms with Crippen molar-refractivity contribution in [2.24, 2.45) is 0 Å². The predicted octanol–water partition coefficient (Wildman–Crippen LogP) is 3.53. The van der Waals surface area contributed by atoms with Crippen LogP contribution in [0.5, 0.6) is 11.5 Å². The first-order valence-electron chi connectivity index (χ1n) is 9.84. The smallest absolute Gasteiger partial charge is 0.492 e. The van der Waals surface area contributed by atoms with Gasteiger partial charge < -0.3 is 14.4 Å². The van der Waals surface area contributed by atoms with E-state index in [0.717, 1.165) is 11.6 Å². The van der Waals surface area contributed by atoms with E-state index in [0.29, 0.717) is 11.1 Å². The number of aromatic nitrogens is 2. The van der Waals surface area contributed by atoms with Gasteiger partial charge in [0, 0.05) is 25.5 Å². The zero-order valence-electron chi connectivity index (χ0n) is 17.7. The molecule has 1 amide bonds. The van der Waals surface area contributed by atoms with Crippen molar-refractivity contribution in [2.75, 3.05) is 17.4 Å². The van der Waals surface area contributed by atoms with Gasteiger partial charge in [-0.15, -0.1) is 13.2 Å². The molecular weight excluding hydrogens is 453 g/mol. The van der Waals surface area contributed by atoms with Crippen molar-refractivity contribution in [3.8, 4) is 17.6 Å². The lowest BCUT2D eigenvalue weighted by Gasteiger charge is -2.26. The normalized spacial score (nSPS) is 12.5. The molecule has 0 saturated carbocycles. The zero-order chi connectivity index (χ0) is 24.3. The van der Waals surface area contributed by atoms with Crippen LogP contribution < -0.4 is 25.2 Å². The molecule has 2 aromatic carbocycles. The van der Waals surface area contributed by atoms with Crippen molar-refractivity contribution in [3.05, 3.63) is 71.3 Å². The van der Waals surface area contributed by atoms with Crippen LogP contribution in [0.15, 0.2) is 49.1 Å². The fourth-order valence-electron chi connectivity index (χ4n) is 3.66. The largest absolute Gasteiger partial charge is 0.573 e. The lowest BCUT2D eigenvalue weighted by atomic mass is 10.1. The molecule has 3 aromatic rings. The Labute approximate surface area is 191 Å². The number of hydrazine groups is 1. The fraction of sp³-hybridized carbons (Fsp3) is 0.182. The number of carbonyl (C=O) groups is 1. The number of anilines is 2. The molecule has 0 atom stereocenters. The van der Waals surface area contributed by atoms with Crippen molar-refractivity contribution < 1.29 is 27.4 Å². The van der Waals surface area contributed by atoms with E-state index in [4.69, 9.17) is 4.74 Å². The van der Waals surface area contributed by atoms with Crippen molar-refractivity contribution in [2.45, 2.75) is 19.5 Å². The first-order chi connectivity index (χ1) is 16.3. The van der Waals surface area contributed by atoms with Gasteiger partial charge in [0.15, 0.2) is 11.5 Å². The topological polar surface area (TPSA) is 112 Å². The highest BCUT2D eigenvalue weighted by atomic mass is 19.4. The van der Waals surface area contributed by atoms with Crippen molar-refractivity contribution in [1.82, 2.24) is 15.4 Å². The third kappa shape index (κ3) is 4.63. The van der Waals surface area contributed by atoms with E-state index < -0.39 is 18.0 Å². The molecular formula is C22H17F3N6O3. The van der Waals surface area contributed by atoms with E-state index in [9.17, 15) is 23.2 Å². The number of nitrogens with zero attached hydrogens (tertiary/aromatic N) is 4. The summed E-state index contributed by atoms with van der Waals surface area (Å²) in [6, 6.07) is 9.68. The Morgan fingerprint density at radius 3 is 2.62 bits per heavy atom. The van der Waals surface area contributed by atoms with Gasteiger partial charge in [0.2, 0.25) is 0 Å².